The van der Waals surface area contributed by atoms with Gasteiger partial charge < -0.3 is 15.2 Å². The van der Waals surface area contributed by atoms with E-state index in [1.807, 2.05) is 38.1 Å². The molecule has 1 unspecified atom stereocenters. The highest BCUT2D eigenvalue weighted by Gasteiger charge is 2.08. The van der Waals surface area contributed by atoms with Crippen LogP contribution in [-0.2, 0) is 0 Å². The number of hydrogen-bond acceptors (Lipinski definition) is 3. The van der Waals surface area contributed by atoms with E-state index in [9.17, 15) is 0 Å². The number of hydrogen-bond donors (Lipinski definition) is 1. The topological polar surface area (TPSA) is 44.5 Å². The average Bonchev–Trinajstić information content (AvgIpc) is 2.19. The zero-order valence-electron chi connectivity index (χ0n) is 8.86. The van der Waals surface area contributed by atoms with Crippen molar-refractivity contribution in [2.45, 2.75) is 26.0 Å². The molecule has 0 aliphatic carbocycles. The second-order valence-electron chi connectivity index (χ2n) is 3.36. The van der Waals surface area contributed by atoms with Crippen LogP contribution >= 0.6 is 0 Å². The van der Waals surface area contributed by atoms with Crippen molar-refractivity contribution in [1.82, 2.24) is 0 Å². The van der Waals surface area contributed by atoms with E-state index in [2.05, 4.69) is 0 Å². The van der Waals surface area contributed by atoms with Crippen LogP contribution in [0.25, 0.3) is 0 Å². The predicted octanol–water partition coefficient (Wildman–Crippen LogP) is 1.81. The van der Waals surface area contributed by atoms with Gasteiger partial charge in [-0.1, -0.05) is 0 Å². The third-order valence-corrected chi connectivity index (χ3v) is 2.12. The summed E-state index contributed by atoms with van der Waals surface area (Å²) in [6.45, 7) is 3.88. The highest BCUT2D eigenvalue weighted by Crippen LogP contribution is 2.18. The standard InChI is InChI=1S/C11H17NO2/c1-8(12)9(2)14-11-6-4-10(13-3)5-7-11/h4-9H,12H2,1-3H3/t8-,9?/m1/s1. The van der Waals surface area contributed by atoms with Crippen LogP contribution < -0.4 is 15.2 Å². The van der Waals surface area contributed by atoms with Crippen LogP contribution in [0, 0.1) is 0 Å². The van der Waals surface area contributed by atoms with Crippen molar-refractivity contribution in [2.75, 3.05) is 7.11 Å². The number of rotatable bonds is 4. The summed E-state index contributed by atoms with van der Waals surface area (Å²) in [7, 11) is 1.64. The van der Waals surface area contributed by atoms with Gasteiger partial charge in [-0.3, -0.25) is 0 Å². The Morgan fingerprint density at radius 2 is 1.57 bits per heavy atom. The Hall–Kier alpha value is -1.22. The number of nitrogens with two attached hydrogens (primary N) is 1. The maximum atomic E-state index is 5.69. The molecule has 1 aromatic rings. The molecule has 1 rings (SSSR count). The molecule has 2 N–H and O–H groups in total. The molecule has 0 spiro atoms. The van der Waals surface area contributed by atoms with Gasteiger partial charge in [0.2, 0.25) is 0 Å². The maximum absolute atomic E-state index is 5.69. The molecule has 0 aromatic heterocycles. The third-order valence-electron chi connectivity index (χ3n) is 2.12. The van der Waals surface area contributed by atoms with Crippen LogP contribution in [-0.4, -0.2) is 19.3 Å². The predicted molar refractivity (Wildman–Crippen MR) is 56.7 cm³/mol. The molecule has 0 amide bonds. The Bertz CT molecular complexity index is 269. The summed E-state index contributed by atoms with van der Waals surface area (Å²) in [5.41, 5.74) is 5.69. The van der Waals surface area contributed by atoms with Crippen molar-refractivity contribution < 1.29 is 9.47 Å². The molecular weight excluding hydrogens is 178 g/mol. The molecule has 78 valence electrons. The molecule has 0 bridgehead atoms. The van der Waals surface area contributed by atoms with E-state index < -0.39 is 0 Å². The van der Waals surface area contributed by atoms with E-state index in [1.165, 1.54) is 0 Å². The van der Waals surface area contributed by atoms with Crippen molar-refractivity contribution in [1.29, 1.82) is 0 Å². The summed E-state index contributed by atoms with van der Waals surface area (Å²) in [6, 6.07) is 7.50. The minimum Gasteiger partial charge on any atom is -0.497 e. The molecule has 0 aliphatic rings. The first-order valence-corrected chi connectivity index (χ1v) is 4.69. The molecule has 2 atom stereocenters. The first-order valence-electron chi connectivity index (χ1n) is 4.69. The minimum absolute atomic E-state index is 0.0170. The molecule has 0 heterocycles. The van der Waals surface area contributed by atoms with E-state index in [1.54, 1.807) is 7.11 Å². The zero-order chi connectivity index (χ0) is 10.6. The van der Waals surface area contributed by atoms with Gasteiger partial charge in [-0.2, -0.15) is 0 Å². The molecule has 0 saturated carbocycles. The van der Waals surface area contributed by atoms with Gasteiger partial charge in [0.15, 0.2) is 0 Å². The smallest absolute Gasteiger partial charge is 0.120 e. The Kier molecular flexibility index (Phi) is 3.77. The second kappa shape index (κ2) is 4.86. The summed E-state index contributed by atoms with van der Waals surface area (Å²) in [6.07, 6.45) is 0.0170. The van der Waals surface area contributed by atoms with E-state index in [0.29, 0.717) is 0 Å². The SMILES string of the molecule is COc1ccc(OC(C)[C@@H](C)N)cc1. The van der Waals surface area contributed by atoms with Crippen LogP contribution in [0.1, 0.15) is 13.8 Å². The number of benzene rings is 1. The molecule has 0 aliphatic heterocycles. The van der Waals surface area contributed by atoms with Crippen molar-refractivity contribution in [3.63, 3.8) is 0 Å². The molecule has 3 nitrogen and oxygen atoms in total. The number of ether oxygens (including phenoxy) is 2. The third kappa shape index (κ3) is 2.92. The molecular formula is C11H17NO2. The Balaban J connectivity index is 2.59. The molecule has 14 heavy (non-hydrogen) atoms. The summed E-state index contributed by atoms with van der Waals surface area (Å²) >= 11 is 0. The van der Waals surface area contributed by atoms with Gasteiger partial charge in [0.25, 0.3) is 0 Å². The van der Waals surface area contributed by atoms with Gasteiger partial charge in [-0.15, -0.1) is 0 Å². The summed E-state index contributed by atoms with van der Waals surface area (Å²) < 4.78 is 10.6. The van der Waals surface area contributed by atoms with E-state index in [4.69, 9.17) is 15.2 Å². The van der Waals surface area contributed by atoms with Gasteiger partial charge in [0.1, 0.15) is 17.6 Å². The first kappa shape index (κ1) is 10.9. The first-order chi connectivity index (χ1) is 6.63. The van der Waals surface area contributed by atoms with Crippen LogP contribution in [0.4, 0.5) is 0 Å². The normalized spacial score (nSPS) is 14.6. The van der Waals surface area contributed by atoms with Crippen LogP contribution in [0.15, 0.2) is 24.3 Å². The summed E-state index contributed by atoms with van der Waals surface area (Å²) in [5, 5.41) is 0. The van der Waals surface area contributed by atoms with Gasteiger partial charge in [-0.25, -0.2) is 0 Å². The van der Waals surface area contributed by atoms with Gasteiger partial charge in [-0.05, 0) is 38.1 Å². The van der Waals surface area contributed by atoms with Crippen molar-refractivity contribution in [2.24, 2.45) is 5.73 Å². The second-order valence-corrected chi connectivity index (χ2v) is 3.36. The quantitative estimate of drug-likeness (QED) is 0.796. The average molecular weight is 195 g/mol. The highest BCUT2D eigenvalue weighted by atomic mass is 16.5. The Labute approximate surface area is 84.8 Å². The summed E-state index contributed by atoms with van der Waals surface area (Å²) in [5.74, 6) is 1.64. The van der Waals surface area contributed by atoms with Crippen LogP contribution in [0.2, 0.25) is 0 Å². The van der Waals surface area contributed by atoms with Crippen molar-refractivity contribution in [3.05, 3.63) is 24.3 Å². The molecule has 0 fully saturated rings. The Morgan fingerprint density at radius 1 is 1.07 bits per heavy atom. The van der Waals surface area contributed by atoms with Gasteiger partial charge in [0, 0.05) is 6.04 Å². The molecule has 0 saturated heterocycles. The fourth-order valence-electron chi connectivity index (χ4n) is 0.976. The maximum Gasteiger partial charge on any atom is 0.120 e. The van der Waals surface area contributed by atoms with Gasteiger partial charge >= 0.3 is 0 Å². The molecule has 1 aromatic carbocycles. The fourth-order valence-corrected chi connectivity index (χ4v) is 0.976. The van der Waals surface area contributed by atoms with Crippen molar-refractivity contribution in [3.8, 4) is 11.5 Å². The van der Waals surface area contributed by atoms with E-state index in [-0.39, 0.29) is 12.1 Å². The lowest BCUT2D eigenvalue weighted by molar-refractivity contribution is 0.196. The molecule has 0 radical (unpaired) electrons. The largest absolute Gasteiger partial charge is 0.497 e. The number of methoxy groups -OCH3 is 1. The lowest BCUT2D eigenvalue weighted by Crippen LogP contribution is -2.33. The lowest BCUT2D eigenvalue weighted by Gasteiger charge is -2.17. The van der Waals surface area contributed by atoms with E-state index >= 15 is 0 Å². The highest BCUT2D eigenvalue weighted by molar-refractivity contribution is 5.31. The van der Waals surface area contributed by atoms with Crippen molar-refractivity contribution >= 4 is 0 Å². The monoisotopic (exact) mass is 195 g/mol. The van der Waals surface area contributed by atoms with Crippen LogP contribution in [0.5, 0.6) is 11.5 Å². The zero-order valence-corrected chi connectivity index (χ0v) is 8.86. The lowest BCUT2D eigenvalue weighted by atomic mass is 10.2. The van der Waals surface area contributed by atoms with E-state index in [0.717, 1.165) is 11.5 Å². The summed E-state index contributed by atoms with van der Waals surface area (Å²) in [4.78, 5) is 0. The minimum atomic E-state index is 0.0170. The molecule has 3 heteroatoms. The fraction of sp³-hybridized carbons (Fsp3) is 0.455. The van der Waals surface area contributed by atoms with Gasteiger partial charge in [0.05, 0.1) is 7.11 Å². The Morgan fingerprint density at radius 3 is 2.00 bits per heavy atom. The van der Waals surface area contributed by atoms with Crippen LogP contribution in [0.3, 0.4) is 0 Å².